The third-order valence-corrected chi connectivity index (χ3v) is 6.87. The van der Waals surface area contributed by atoms with Crippen LogP contribution in [0.3, 0.4) is 0 Å². The maximum atomic E-state index is 13.5. The molecule has 3 aromatic rings. The Morgan fingerprint density at radius 3 is 2.11 bits per heavy atom. The Balaban J connectivity index is 1.74. The van der Waals surface area contributed by atoms with E-state index in [4.69, 9.17) is 18.9 Å². The maximum Gasteiger partial charge on any atom is 0.264 e. The first-order valence-electron chi connectivity index (χ1n) is 10.8. The standard InChI is InChI=1S/C25H27FN2O7S/c1-32-20-8-10-21(11-9-20)35-15-14-27-25(29)17-28(19-6-4-18(26)5-7-19)36(30,31)22-12-13-23(33-2)24(16-22)34-3/h4-13,16H,14-15,17H2,1-3H3,(H,27,29). The van der Waals surface area contributed by atoms with E-state index >= 15 is 0 Å². The van der Waals surface area contributed by atoms with Crippen LogP contribution in [0.1, 0.15) is 0 Å². The lowest BCUT2D eigenvalue weighted by Gasteiger charge is -2.24. The average molecular weight is 519 g/mol. The van der Waals surface area contributed by atoms with E-state index in [1.54, 1.807) is 31.4 Å². The molecule has 36 heavy (non-hydrogen) atoms. The lowest BCUT2D eigenvalue weighted by atomic mass is 10.3. The fraction of sp³-hybridized carbons (Fsp3) is 0.240. The van der Waals surface area contributed by atoms with Gasteiger partial charge in [0.15, 0.2) is 11.5 Å². The number of ether oxygens (including phenoxy) is 4. The molecule has 0 heterocycles. The van der Waals surface area contributed by atoms with Crippen LogP contribution in [0.15, 0.2) is 71.6 Å². The molecular weight excluding hydrogens is 491 g/mol. The molecule has 0 saturated heterocycles. The highest BCUT2D eigenvalue weighted by Gasteiger charge is 2.28. The number of halogens is 1. The number of hydrogen-bond acceptors (Lipinski definition) is 7. The molecule has 3 rings (SSSR count). The SMILES string of the molecule is COc1ccc(OCCNC(=O)CN(c2ccc(F)cc2)S(=O)(=O)c2ccc(OC)c(OC)c2)cc1. The first-order chi connectivity index (χ1) is 17.3. The molecule has 0 aliphatic heterocycles. The number of anilines is 1. The van der Waals surface area contributed by atoms with Gasteiger partial charge in [0.2, 0.25) is 5.91 Å². The summed E-state index contributed by atoms with van der Waals surface area (Å²) < 4.78 is 62.5. The van der Waals surface area contributed by atoms with Crippen LogP contribution < -0.4 is 28.6 Å². The van der Waals surface area contributed by atoms with Gasteiger partial charge < -0.3 is 24.3 Å². The quantitative estimate of drug-likeness (QED) is 0.367. The van der Waals surface area contributed by atoms with Gasteiger partial charge in [-0.25, -0.2) is 12.8 Å². The van der Waals surface area contributed by atoms with Gasteiger partial charge in [0.25, 0.3) is 10.0 Å². The van der Waals surface area contributed by atoms with Crippen molar-refractivity contribution in [1.82, 2.24) is 5.32 Å². The molecule has 0 radical (unpaired) electrons. The zero-order valence-electron chi connectivity index (χ0n) is 20.1. The van der Waals surface area contributed by atoms with Gasteiger partial charge in [-0.1, -0.05) is 0 Å². The van der Waals surface area contributed by atoms with Gasteiger partial charge in [0.1, 0.15) is 30.5 Å². The number of methoxy groups -OCH3 is 3. The highest BCUT2D eigenvalue weighted by atomic mass is 32.2. The second kappa shape index (κ2) is 12.1. The molecule has 0 bridgehead atoms. The first-order valence-corrected chi connectivity index (χ1v) is 12.3. The van der Waals surface area contributed by atoms with Gasteiger partial charge in [-0.15, -0.1) is 0 Å². The van der Waals surface area contributed by atoms with Gasteiger partial charge >= 0.3 is 0 Å². The van der Waals surface area contributed by atoms with Crippen molar-refractivity contribution in [3.63, 3.8) is 0 Å². The normalized spacial score (nSPS) is 10.9. The molecule has 0 atom stereocenters. The number of hydrogen-bond donors (Lipinski definition) is 1. The van der Waals surface area contributed by atoms with Crippen LogP contribution in [0.4, 0.5) is 10.1 Å². The number of carbonyl (C=O) groups excluding carboxylic acids is 1. The van der Waals surface area contributed by atoms with Gasteiger partial charge in [0.05, 0.1) is 38.5 Å². The fourth-order valence-electron chi connectivity index (χ4n) is 3.24. The minimum atomic E-state index is -4.23. The van der Waals surface area contributed by atoms with Crippen molar-refractivity contribution in [2.45, 2.75) is 4.90 Å². The van der Waals surface area contributed by atoms with Crippen molar-refractivity contribution in [2.75, 3.05) is 45.3 Å². The van der Waals surface area contributed by atoms with E-state index < -0.39 is 28.3 Å². The van der Waals surface area contributed by atoms with Crippen LogP contribution in [0, 0.1) is 5.82 Å². The van der Waals surface area contributed by atoms with E-state index in [1.807, 2.05) is 0 Å². The Morgan fingerprint density at radius 1 is 0.861 bits per heavy atom. The topological polar surface area (TPSA) is 103 Å². The Kier molecular flexibility index (Phi) is 8.96. The zero-order chi connectivity index (χ0) is 26.1. The molecule has 9 nitrogen and oxygen atoms in total. The van der Waals surface area contributed by atoms with Gasteiger partial charge in [-0.05, 0) is 60.7 Å². The minimum absolute atomic E-state index is 0.121. The summed E-state index contributed by atoms with van der Waals surface area (Å²) in [6, 6.07) is 15.8. The second-order valence-electron chi connectivity index (χ2n) is 7.38. The molecular formula is C25H27FN2O7S. The predicted molar refractivity (Wildman–Crippen MR) is 132 cm³/mol. The summed E-state index contributed by atoms with van der Waals surface area (Å²) >= 11 is 0. The monoisotopic (exact) mass is 518 g/mol. The van der Waals surface area contributed by atoms with Crippen molar-refractivity contribution in [2.24, 2.45) is 0 Å². The summed E-state index contributed by atoms with van der Waals surface area (Å²) in [5.74, 6) is 0.724. The molecule has 0 fully saturated rings. The lowest BCUT2D eigenvalue weighted by molar-refractivity contribution is -0.119. The molecule has 0 aliphatic rings. The summed E-state index contributed by atoms with van der Waals surface area (Å²) in [5, 5.41) is 2.64. The number of carbonyl (C=O) groups is 1. The van der Waals surface area contributed by atoms with Crippen LogP contribution in [-0.2, 0) is 14.8 Å². The molecule has 0 saturated carbocycles. The summed E-state index contributed by atoms with van der Waals surface area (Å²) in [5.41, 5.74) is 0.121. The fourth-order valence-corrected chi connectivity index (χ4v) is 4.68. The van der Waals surface area contributed by atoms with Gasteiger partial charge in [0, 0.05) is 6.07 Å². The van der Waals surface area contributed by atoms with Crippen molar-refractivity contribution in [3.8, 4) is 23.0 Å². The predicted octanol–water partition coefficient (Wildman–Crippen LogP) is 3.24. The smallest absolute Gasteiger partial charge is 0.264 e. The van der Waals surface area contributed by atoms with Gasteiger partial charge in [-0.2, -0.15) is 0 Å². The number of sulfonamides is 1. The number of rotatable bonds is 12. The summed E-state index contributed by atoms with van der Waals surface area (Å²) in [7, 11) is 0.146. The van der Waals surface area contributed by atoms with Crippen molar-refractivity contribution in [1.29, 1.82) is 0 Å². The van der Waals surface area contributed by atoms with Crippen LogP contribution in [0.2, 0.25) is 0 Å². The second-order valence-corrected chi connectivity index (χ2v) is 9.24. The Bertz CT molecular complexity index is 1270. The van der Waals surface area contributed by atoms with E-state index in [0.717, 1.165) is 16.4 Å². The molecule has 0 aromatic heterocycles. The largest absolute Gasteiger partial charge is 0.497 e. The third-order valence-electron chi connectivity index (χ3n) is 5.10. The molecule has 0 unspecified atom stereocenters. The minimum Gasteiger partial charge on any atom is -0.497 e. The van der Waals surface area contributed by atoms with Crippen LogP contribution in [0.5, 0.6) is 23.0 Å². The Labute approximate surface area is 209 Å². The molecule has 1 amide bonds. The number of nitrogens with one attached hydrogen (secondary N) is 1. The van der Waals surface area contributed by atoms with E-state index in [2.05, 4.69) is 5.32 Å². The number of benzene rings is 3. The highest BCUT2D eigenvalue weighted by molar-refractivity contribution is 7.92. The molecule has 11 heteroatoms. The molecule has 3 aromatic carbocycles. The van der Waals surface area contributed by atoms with E-state index in [0.29, 0.717) is 17.2 Å². The average Bonchev–Trinajstić information content (AvgIpc) is 2.90. The summed E-state index contributed by atoms with van der Waals surface area (Å²) in [6.45, 7) is -0.236. The molecule has 0 spiro atoms. The van der Waals surface area contributed by atoms with Crippen molar-refractivity contribution in [3.05, 3.63) is 72.5 Å². The maximum absolute atomic E-state index is 13.5. The van der Waals surface area contributed by atoms with Crippen molar-refractivity contribution < 1.29 is 36.6 Å². The summed E-state index contributed by atoms with van der Waals surface area (Å²) in [6.07, 6.45) is 0. The van der Waals surface area contributed by atoms with E-state index in [-0.39, 0.29) is 29.5 Å². The summed E-state index contributed by atoms with van der Waals surface area (Å²) in [4.78, 5) is 12.6. The number of amides is 1. The molecule has 0 aliphatic carbocycles. The number of nitrogens with zero attached hydrogens (tertiary/aromatic N) is 1. The third kappa shape index (κ3) is 6.57. The van der Waals surface area contributed by atoms with Crippen molar-refractivity contribution >= 4 is 21.6 Å². The van der Waals surface area contributed by atoms with E-state index in [9.17, 15) is 17.6 Å². The molecule has 192 valence electrons. The first kappa shape index (κ1) is 26.6. The van der Waals surface area contributed by atoms with Crippen LogP contribution in [-0.4, -0.2) is 55.4 Å². The van der Waals surface area contributed by atoms with E-state index in [1.165, 1.54) is 44.6 Å². The Morgan fingerprint density at radius 2 is 1.50 bits per heavy atom. The molecule has 1 N–H and O–H groups in total. The lowest BCUT2D eigenvalue weighted by Crippen LogP contribution is -2.42. The Hall–Kier alpha value is -3.99. The highest BCUT2D eigenvalue weighted by Crippen LogP contribution is 2.32. The zero-order valence-corrected chi connectivity index (χ0v) is 20.9. The van der Waals surface area contributed by atoms with Gasteiger partial charge in [-0.3, -0.25) is 9.10 Å². The van der Waals surface area contributed by atoms with Crippen LogP contribution in [0.25, 0.3) is 0 Å². The van der Waals surface area contributed by atoms with Crippen LogP contribution >= 0.6 is 0 Å².